The van der Waals surface area contributed by atoms with E-state index in [0.29, 0.717) is 24.4 Å². The fourth-order valence-corrected chi connectivity index (χ4v) is 1.52. The Hall–Kier alpha value is -2.18. The molecule has 0 amide bonds. The van der Waals surface area contributed by atoms with Crippen molar-refractivity contribution in [1.82, 2.24) is 24.7 Å². The summed E-state index contributed by atoms with van der Waals surface area (Å²) in [6.07, 6.45) is 3.36. The molecule has 2 aromatic heterocycles. The van der Waals surface area contributed by atoms with E-state index in [-0.39, 0.29) is 0 Å². The minimum absolute atomic E-state index is 0.322. The highest BCUT2D eigenvalue weighted by atomic mass is 16.5. The van der Waals surface area contributed by atoms with Crippen molar-refractivity contribution in [2.45, 2.75) is 26.4 Å². The standard InChI is InChI=1S/C11H16N6O/c1-8(2)17-7-14-16-9(17)6-13-11-12-5-4-10(15-11)18-3/h4-5,7-8H,6H2,1-3H3,(H,12,13,15). The first-order valence-electron chi connectivity index (χ1n) is 5.70. The number of nitrogens with zero attached hydrogens (tertiary/aromatic N) is 5. The highest BCUT2D eigenvalue weighted by Gasteiger charge is 2.07. The van der Waals surface area contributed by atoms with Gasteiger partial charge in [0.1, 0.15) is 6.33 Å². The Morgan fingerprint density at radius 1 is 1.44 bits per heavy atom. The number of hydrogen-bond donors (Lipinski definition) is 1. The van der Waals surface area contributed by atoms with Crippen LogP contribution in [0.5, 0.6) is 5.88 Å². The number of rotatable bonds is 5. The molecule has 0 fully saturated rings. The predicted octanol–water partition coefficient (Wildman–Crippen LogP) is 1.27. The molecular formula is C11H16N6O. The van der Waals surface area contributed by atoms with Gasteiger partial charge < -0.3 is 14.6 Å². The van der Waals surface area contributed by atoms with Gasteiger partial charge in [0.25, 0.3) is 0 Å². The largest absolute Gasteiger partial charge is 0.481 e. The Labute approximate surface area is 105 Å². The molecule has 2 heterocycles. The van der Waals surface area contributed by atoms with Crippen LogP contribution in [0.4, 0.5) is 5.95 Å². The quantitative estimate of drug-likeness (QED) is 0.858. The van der Waals surface area contributed by atoms with E-state index >= 15 is 0 Å². The summed E-state index contributed by atoms with van der Waals surface area (Å²) in [6, 6.07) is 2.02. The second-order valence-corrected chi connectivity index (χ2v) is 4.02. The second kappa shape index (κ2) is 5.44. The number of anilines is 1. The lowest BCUT2D eigenvalue weighted by Gasteiger charge is -2.10. The number of hydrogen-bond acceptors (Lipinski definition) is 6. The number of methoxy groups -OCH3 is 1. The van der Waals surface area contributed by atoms with Crippen molar-refractivity contribution in [3.8, 4) is 5.88 Å². The van der Waals surface area contributed by atoms with Crippen molar-refractivity contribution in [1.29, 1.82) is 0 Å². The molecule has 2 rings (SSSR count). The first-order valence-corrected chi connectivity index (χ1v) is 5.70. The SMILES string of the molecule is COc1ccnc(NCc2nncn2C(C)C)n1. The predicted molar refractivity (Wildman–Crippen MR) is 66.3 cm³/mol. The molecule has 0 bridgehead atoms. The number of aromatic nitrogens is 5. The maximum atomic E-state index is 5.03. The molecule has 1 N–H and O–H groups in total. The molecule has 0 radical (unpaired) electrons. The zero-order valence-corrected chi connectivity index (χ0v) is 10.7. The molecule has 0 saturated carbocycles. The van der Waals surface area contributed by atoms with Crippen LogP contribution in [0.2, 0.25) is 0 Å². The third kappa shape index (κ3) is 2.73. The van der Waals surface area contributed by atoms with Gasteiger partial charge >= 0.3 is 0 Å². The molecule has 0 saturated heterocycles. The summed E-state index contributed by atoms with van der Waals surface area (Å²) in [4.78, 5) is 8.26. The zero-order chi connectivity index (χ0) is 13.0. The molecule has 7 nitrogen and oxygen atoms in total. The maximum absolute atomic E-state index is 5.03. The van der Waals surface area contributed by atoms with Crippen LogP contribution in [0.15, 0.2) is 18.6 Å². The lowest BCUT2D eigenvalue weighted by Crippen LogP contribution is -2.11. The molecule has 0 aromatic carbocycles. The van der Waals surface area contributed by atoms with E-state index in [4.69, 9.17) is 4.74 Å². The van der Waals surface area contributed by atoms with E-state index in [1.165, 1.54) is 0 Å². The van der Waals surface area contributed by atoms with Gasteiger partial charge in [0.2, 0.25) is 11.8 Å². The molecule has 0 spiro atoms. The van der Waals surface area contributed by atoms with Gasteiger partial charge in [0.05, 0.1) is 13.7 Å². The van der Waals surface area contributed by atoms with Crippen molar-refractivity contribution in [2.75, 3.05) is 12.4 Å². The van der Waals surface area contributed by atoms with Gasteiger partial charge in [-0.05, 0) is 13.8 Å². The monoisotopic (exact) mass is 248 g/mol. The smallest absolute Gasteiger partial charge is 0.226 e. The van der Waals surface area contributed by atoms with Gasteiger partial charge in [-0.1, -0.05) is 0 Å². The van der Waals surface area contributed by atoms with Crippen LogP contribution >= 0.6 is 0 Å². The minimum Gasteiger partial charge on any atom is -0.481 e. The summed E-state index contributed by atoms with van der Waals surface area (Å²) in [5, 5.41) is 11.0. The average Bonchev–Trinajstić information content (AvgIpc) is 2.85. The Balaban J connectivity index is 2.04. The number of ether oxygens (including phenoxy) is 1. The summed E-state index contributed by atoms with van der Waals surface area (Å²) in [7, 11) is 1.57. The highest BCUT2D eigenvalue weighted by molar-refractivity contribution is 5.27. The Morgan fingerprint density at radius 2 is 2.28 bits per heavy atom. The normalized spacial score (nSPS) is 10.7. The summed E-state index contributed by atoms with van der Waals surface area (Å²) < 4.78 is 7.02. The van der Waals surface area contributed by atoms with Crippen molar-refractivity contribution in [2.24, 2.45) is 0 Å². The first-order chi connectivity index (χ1) is 8.70. The third-order valence-corrected chi connectivity index (χ3v) is 2.45. The van der Waals surface area contributed by atoms with Gasteiger partial charge in [-0.15, -0.1) is 10.2 Å². The molecule has 0 aliphatic heterocycles. The summed E-state index contributed by atoms with van der Waals surface area (Å²) >= 11 is 0. The van der Waals surface area contributed by atoms with Crippen LogP contribution in [0.25, 0.3) is 0 Å². The summed E-state index contributed by atoms with van der Waals surface area (Å²) in [5.41, 5.74) is 0. The highest BCUT2D eigenvalue weighted by Crippen LogP contribution is 2.10. The maximum Gasteiger partial charge on any atom is 0.226 e. The molecule has 2 aromatic rings. The van der Waals surface area contributed by atoms with E-state index in [2.05, 4.69) is 39.3 Å². The van der Waals surface area contributed by atoms with Crippen LogP contribution < -0.4 is 10.1 Å². The topological polar surface area (TPSA) is 77.8 Å². The fourth-order valence-electron chi connectivity index (χ4n) is 1.52. The van der Waals surface area contributed by atoms with E-state index in [0.717, 1.165) is 5.82 Å². The third-order valence-electron chi connectivity index (χ3n) is 2.45. The molecule has 0 unspecified atom stereocenters. The molecule has 7 heteroatoms. The lowest BCUT2D eigenvalue weighted by molar-refractivity contribution is 0.397. The molecular weight excluding hydrogens is 232 g/mol. The summed E-state index contributed by atoms with van der Waals surface area (Å²) in [5.74, 6) is 1.88. The van der Waals surface area contributed by atoms with Crippen molar-refractivity contribution < 1.29 is 4.74 Å². The molecule has 0 atom stereocenters. The van der Waals surface area contributed by atoms with Crippen molar-refractivity contribution >= 4 is 5.95 Å². The average molecular weight is 248 g/mol. The van der Waals surface area contributed by atoms with Gasteiger partial charge in [-0.2, -0.15) is 4.98 Å². The van der Waals surface area contributed by atoms with Crippen LogP contribution in [-0.4, -0.2) is 31.8 Å². The number of nitrogens with one attached hydrogen (secondary N) is 1. The Kier molecular flexibility index (Phi) is 3.71. The van der Waals surface area contributed by atoms with E-state index < -0.39 is 0 Å². The Bertz CT molecular complexity index is 510. The van der Waals surface area contributed by atoms with Crippen molar-refractivity contribution in [3.63, 3.8) is 0 Å². The first kappa shape index (κ1) is 12.3. The van der Waals surface area contributed by atoms with Crippen LogP contribution in [0.1, 0.15) is 25.7 Å². The minimum atomic E-state index is 0.322. The van der Waals surface area contributed by atoms with Crippen LogP contribution in [0, 0.1) is 0 Å². The van der Waals surface area contributed by atoms with Gasteiger partial charge in [0, 0.05) is 18.3 Å². The van der Waals surface area contributed by atoms with Crippen LogP contribution in [-0.2, 0) is 6.54 Å². The molecule has 96 valence electrons. The summed E-state index contributed by atoms with van der Waals surface area (Å²) in [6.45, 7) is 4.68. The van der Waals surface area contributed by atoms with Gasteiger partial charge in [0.15, 0.2) is 5.82 Å². The molecule has 0 aliphatic rings. The lowest BCUT2D eigenvalue weighted by atomic mass is 10.4. The molecule has 0 aliphatic carbocycles. The Morgan fingerprint density at radius 3 is 3.00 bits per heavy atom. The van der Waals surface area contributed by atoms with E-state index in [1.54, 1.807) is 25.7 Å². The second-order valence-electron chi connectivity index (χ2n) is 4.02. The van der Waals surface area contributed by atoms with Crippen molar-refractivity contribution in [3.05, 3.63) is 24.4 Å². The molecule has 18 heavy (non-hydrogen) atoms. The van der Waals surface area contributed by atoms with E-state index in [9.17, 15) is 0 Å². The fraction of sp³-hybridized carbons (Fsp3) is 0.455. The van der Waals surface area contributed by atoms with Gasteiger partial charge in [-0.25, -0.2) is 4.98 Å². The van der Waals surface area contributed by atoms with E-state index in [1.807, 2.05) is 4.57 Å². The van der Waals surface area contributed by atoms with Gasteiger partial charge in [-0.3, -0.25) is 0 Å². The zero-order valence-electron chi connectivity index (χ0n) is 10.7. The van der Waals surface area contributed by atoms with Crippen LogP contribution in [0.3, 0.4) is 0 Å².